The van der Waals surface area contributed by atoms with Crippen molar-refractivity contribution in [3.05, 3.63) is 23.8 Å². The summed E-state index contributed by atoms with van der Waals surface area (Å²) >= 11 is 0. The summed E-state index contributed by atoms with van der Waals surface area (Å²) in [6.07, 6.45) is 1.47. The van der Waals surface area contributed by atoms with E-state index in [4.69, 9.17) is 20.1 Å². The van der Waals surface area contributed by atoms with Crippen LogP contribution in [0.25, 0.3) is 0 Å². The first-order chi connectivity index (χ1) is 8.19. The van der Waals surface area contributed by atoms with Crippen LogP contribution in [-0.2, 0) is 0 Å². The maximum absolute atomic E-state index is 8.35. The predicted molar refractivity (Wildman–Crippen MR) is 62.9 cm³/mol. The van der Waals surface area contributed by atoms with E-state index in [2.05, 4.69) is 10.5 Å². The molecule has 92 valence electrons. The first kappa shape index (κ1) is 12.8. The molecule has 0 unspecified atom stereocenters. The lowest BCUT2D eigenvalue weighted by Gasteiger charge is -2.05. The number of benzene rings is 1. The number of hydrazone groups is 1. The van der Waals surface area contributed by atoms with Gasteiger partial charge in [0.1, 0.15) is 11.5 Å². The van der Waals surface area contributed by atoms with Gasteiger partial charge in [0.2, 0.25) is 5.96 Å². The molecule has 0 aromatic heterocycles. The fourth-order valence-corrected chi connectivity index (χ4v) is 1.10. The van der Waals surface area contributed by atoms with Crippen molar-refractivity contribution in [2.24, 2.45) is 5.10 Å². The smallest absolute Gasteiger partial charge is 0.233 e. The number of hydrogen-bond acceptors (Lipinski definition) is 5. The number of hydroxylamine groups is 1. The molecule has 1 aromatic rings. The van der Waals surface area contributed by atoms with Gasteiger partial charge in [0.25, 0.3) is 0 Å². The van der Waals surface area contributed by atoms with Crippen LogP contribution >= 0.6 is 0 Å². The highest BCUT2D eigenvalue weighted by Crippen LogP contribution is 2.21. The van der Waals surface area contributed by atoms with Crippen LogP contribution < -0.4 is 20.4 Å². The number of nitrogens with zero attached hydrogens (tertiary/aromatic N) is 1. The third-order valence-electron chi connectivity index (χ3n) is 1.88. The Morgan fingerprint density at radius 2 is 1.88 bits per heavy atom. The van der Waals surface area contributed by atoms with Gasteiger partial charge in [0.15, 0.2) is 0 Å². The van der Waals surface area contributed by atoms with Crippen LogP contribution in [0.1, 0.15) is 5.56 Å². The predicted octanol–water partition coefficient (Wildman–Crippen LogP) is 0.541. The Hall–Kier alpha value is -2.28. The van der Waals surface area contributed by atoms with E-state index >= 15 is 0 Å². The standard InChI is InChI=1S/C10H14N4O3/c1-16-8-3-7(4-9(5-8)17-2)6-12-13-10(11)14-15/h3-6,15H,1-2H3,(H3,11,13,14)/b12-6+. The van der Waals surface area contributed by atoms with Gasteiger partial charge in [-0.3, -0.25) is 10.6 Å². The molecule has 0 amide bonds. The fourth-order valence-electron chi connectivity index (χ4n) is 1.10. The maximum atomic E-state index is 8.35. The summed E-state index contributed by atoms with van der Waals surface area (Å²) in [4.78, 5) is 0. The minimum atomic E-state index is -0.323. The number of hydrogen-bond donors (Lipinski definition) is 4. The maximum Gasteiger partial charge on any atom is 0.233 e. The quantitative estimate of drug-likeness (QED) is 0.348. The highest BCUT2D eigenvalue weighted by atomic mass is 16.5. The van der Waals surface area contributed by atoms with Gasteiger partial charge in [-0.05, 0) is 12.1 Å². The van der Waals surface area contributed by atoms with E-state index in [1.807, 2.05) is 0 Å². The van der Waals surface area contributed by atoms with Crippen LogP contribution in [0.3, 0.4) is 0 Å². The van der Waals surface area contributed by atoms with E-state index in [0.717, 1.165) is 5.56 Å². The summed E-state index contributed by atoms with van der Waals surface area (Å²) < 4.78 is 10.2. The number of guanidine groups is 1. The highest BCUT2D eigenvalue weighted by molar-refractivity contribution is 5.83. The summed E-state index contributed by atoms with van der Waals surface area (Å²) in [6, 6.07) is 5.25. The summed E-state index contributed by atoms with van der Waals surface area (Å²) in [6.45, 7) is 0. The zero-order valence-electron chi connectivity index (χ0n) is 9.52. The van der Waals surface area contributed by atoms with Gasteiger partial charge in [-0.15, -0.1) is 0 Å². The Morgan fingerprint density at radius 3 is 2.35 bits per heavy atom. The van der Waals surface area contributed by atoms with E-state index in [1.54, 1.807) is 37.9 Å². The third-order valence-corrected chi connectivity index (χ3v) is 1.88. The third kappa shape index (κ3) is 3.99. The molecule has 0 saturated carbocycles. The Labute approximate surface area is 98.5 Å². The Bertz CT molecular complexity index is 398. The summed E-state index contributed by atoms with van der Waals surface area (Å²) in [5, 5.41) is 19.1. The van der Waals surface area contributed by atoms with Gasteiger partial charge in [-0.1, -0.05) is 0 Å². The fraction of sp³-hybridized carbons (Fsp3) is 0.200. The largest absolute Gasteiger partial charge is 0.497 e. The van der Waals surface area contributed by atoms with Crippen LogP contribution in [0.15, 0.2) is 23.3 Å². The summed E-state index contributed by atoms with van der Waals surface area (Å²) in [5.74, 6) is 0.957. The van der Waals surface area contributed by atoms with Gasteiger partial charge >= 0.3 is 0 Å². The van der Waals surface area contributed by atoms with Crippen molar-refractivity contribution in [3.63, 3.8) is 0 Å². The molecule has 7 nitrogen and oxygen atoms in total. The van der Waals surface area contributed by atoms with Crippen LogP contribution in [0, 0.1) is 5.41 Å². The average Bonchev–Trinajstić information content (AvgIpc) is 2.37. The second kappa shape index (κ2) is 6.33. The molecule has 0 spiro atoms. The van der Waals surface area contributed by atoms with Crippen LogP contribution in [0.5, 0.6) is 11.5 Å². The molecule has 1 rings (SSSR count). The number of rotatable bonds is 4. The van der Waals surface area contributed by atoms with Gasteiger partial charge in [0, 0.05) is 11.6 Å². The van der Waals surface area contributed by atoms with E-state index in [0.29, 0.717) is 11.5 Å². The molecule has 0 heterocycles. The highest BCUT2D eigenvalue weighted by Gasteiger charge is 1.99. The SMILES string of the molecule is COc1cc(/C=N/NC(=N)NO)cc(OC)c1. The summed E-state index contributed by atoms with van der Waals surface area (Å²) in [5.41, 5.74) is 4.61. The number of ether oxygens (including phenoxy) is 2. The Kier molecular flexibility index (Phi) is 4.77. The lowest BCUT2D eigenvalue weighted by molar-refractivity contribution is 0.228. The second-order valence-corrected chi connectivity index (χ2v) is 3.00. The van der Waals surface area contributed by atoms with Gasteiger partial charge in [-0.25, -0.2) is 10.9 Å². The van der Waals surface area contributed by atoms with E-state index in [9.17, 15) is 0 Å². The normalized spacial score (nSPS) is 10.1. The molecule has 0 fully saturated rings. The van der Waals surface area contributed by atoms with Crippen molar-refractivity contribution in [2.45, 2.75) is 0 Å². The zero-order valence-corrected chi connectivity index (χ0v) is 9.52. The molecule has 0 aliphatic rings. The number of nitrogens with one attached hydrogen (secondary N) is 3. The van der Waals surface area contributed by atoms with Crippen LogP contribution in [0.4, 0.5) is 0 Å². The van der Waals surface area contributed by atoms with Gasteiger partial charge < -0.3 is 9.47 Å². The Balaban J connectivity index is 2.79. The van der Waals surface area contributed by atoms with E-state index in [-0.39, 0.29) is 5.96 Å². The van der Waals surface area contributed by atoms with Crippen molar-refractivity contribution < 1.29 is 14.7 Å². The molecule has 4 N–H and O–H groups in total. The molecule has 0 saturated heterocycles. The lowest BCUT2D eigenvalue weighted by atomic mass is 10.2. The van der Waals surface area contributed by atoms with Crippen LogP contribution in [0.2, 0.25) is 0 Å². The molecular formula is C10H14N4O3. The lowest BCUT2D eigenvalue weighted by Crippen LogP contribution is -2.30. The van der Waals surface area contributed by atoms with E-state index < -0.39 is 0 Å². The molecule has 0 aliphatic heterocycles. The van der Waals surface area contributed by atoms with Gasteiger partial charge in [-0.2, -0.15) is 5.10 Å². The zero-order chi connectivity index (χ0) is 12.7. The topological polar surface area (TPSA) is 99.0 Å². The molecule has 0 radical (unpaired) electrons. The molecule has 17 heavy (non-hydrogen) atoms. The van der Waals surface area contributed by atoms with Crippen molar-refractivity contribution in [1.82, 2.24) is 10.9 Å². The van der Waals surface area contributed by atoms with Crippen molar-refractivity contribution in [3.8, 4) is 11.5 Å². The second-order valence-electron chi connectivity index (χ2n) is 3.00. The summed E-state index contributed by atoms with van der Waals surface area (Å²) in [7, 11) is 3.11. The van der Waals surface area contributed by atoms with Crippen molar-refractivity contribution in [1.29, 1.82) is 5.41 Å². The average molecular weight is 238 g/mol. The molecule has 1 aromatic carbocycles. The minimum absolute atomic E-state index is 0.323. The monoisotopic (exact) mass is 238 g/mol. The first-order valence-corrected chi connectivity index (χ1v) is 4.70. The molecule has 0 atom stereocenters. The molecule has 0 aliphatic carbocycles. The van der Waals surface area contributed by atoms with Crippen LogP contribution in [-0.4, -0.2) is 31.6 Å². The molecular weight excluding hydrogens is 224 g/mol. The van der Waals surface area contributed by atoms with Crippen molar-refractivity contribution >= 4 is 12.2 Å². The van der Waals surface area contributed by atoms with Gasteiger partial charge in [0.05, 0.1) is 20.4 Å². The first-order valence-electron chi connectivity index (χ1n) is 4.70. The number of methoxy groups -OCH3 is 2. The minimum Gasteiger partial charge on any atom is -0.497 e. The Morgan fingerprint density at radius 1 is 1.29 bits per heavy atom. The molecule has 0 bridgehead atoms. The van der Waals surface area contributed by atoms with Crippen molar-refractivity contribution in [2.75, 3.05) is 14.2 Å². The molecule has 7 heteroatoms. The van der Waals surface area contributed by atoms with E-state index in [1.165, 1.54) is 6.21 Å².